The zero-order valence-electron chi connectivity index (χ0n) is 13.1. The Morgan fingerprint density at radius 1 is 1.05 bits per heavy atom. The van der Waals surface area contributed by atoms with E-state index in [1.54, 1.807) is 22.3 Å². The van der Waals surface area contributed by atoms with Crippen LogP contribution < -0.4 is 0 Å². The van der Waals surface area contributed by atoms with Crippen molar-refractivity contribution < 1.29 is 25.1 Å². The van der Waals surface area contributed by atoms with Crippen LogP contribution in [0.25, 0.3) is 0 Å². The minimum atomic E-state index is -2.75. The molecule has 2 nitrogen and oxygen atoms in total. The van der Waals surface area contributed by atoms with Crippen LogP contribution >= 0.6 is 0 Å². The quantitative estimate of drug-likeness (QED) is 0.536. The molecule has 3 rings (SSSR count). The van der Waals surface area contributed by atoms with Crippen LogP contribution in [-0.4, -0.2) is 5.97 Å². The first-order chi connectivity index (χ1) is 10.0. The zero-order valence-corrected chi connectivity index (χ0v) is 14.7. The summed E-state index contributed by atoms with van der Waals surface area (Å²) in [6.45, 7) is 0. The van der Waals surface area contributed by atoms with E-state index in [2.05, 4.69) is 16.4 Å². The number of hydrogen-bond donors (Lipinski definition) is 0. The molecule has 0 unspecified atom stereocenters. The Bertz CT molecular complexity index is 543. The molecule has 0 bridgehead atoms. The maximum absolute atomic E-state index is 11.7. The normalized spacial score (nSPS) is 22.7. The molecule has 0 aromatic rings. The molecule has 0 heterocycles. The van der Waals surface area contributed by atoms with E-state index in [0.717, 1.165) is 0 Å². The van der Waals surface area contributed by atoms with Gasteiger partial charge in [-0.25, -0.2) is 0 Å². The van der Waals surface area contributed by atoms with Crippen molar-refractivity contribution in [1.29, 1.82) is 0 Å². The van der Waals surface area contributed by atoms with E-state index in [-0.39, 0.29) is 0 Å². The summed E-state index contributed by atoms with van der Waals surface area (Å²) in [5.74, 6) is 1.69. The fourth-order valence-corrected chi connectivity index (χ4v) is 9.20. The number of fused-ring (bicyclic) bond motifs is 1. The molecule has 0 fully saturated rings. The van der Waals surface area contributed by atoms with Gasteiger partial charge in [0.05, 0.1) is 0 Å². The van der Waals surface area contributed by atoms with Gasteiger partial charge in [-0.05, 0) is 0 Å². The first-order valence-corrected chi connectivity index (χ1v) is 12.8. The van der Waals surface area contributed by atoms with Crippen LogP contribution in [0.1, 0.15) is 51.4 Å². The third-order valence-corrected chi connectivity index (χ3v) is 9.62. The van der Waals surface area contributed by atoms with E-state index < -0.39 is 22.9 Å². The number of rotatable bonds is 2. The predicted octanol–water partition coefficient (Wildman–Crippen LogP) is 4.87. The van der Waals surface area contributed by atoms with Crippen LogP contribution in [0.5, 0.6) is 0 Å². The average molecular weight is 320 g/mol. The predicted molar refractivity (Wildman–Crippen MR) is 81.4 cm³/mol. The Morgan fingerprint density at radius 2 is 1.52 bits per heavy atom. The molecule has 0 radical (unpaired) electrons. The van der Waals surface area contributed by atoms with E-state index in [1.807, 2.05) is 0 Å². The second-order valence-corrected chi connectivity index (χ2v) is 13.2. The van der Waals surface area contributed by atoms with Crippen molar-refractivity contribution in [3.05, 3.63) is 22.3 Å². The van der Waals surface area contributed by atoms with Gasteiger partial charge in [-0.2, -0.15) is 0 Å². The van der Waals surface area contributed by atoms with Crippen LogP contribution in [0.15, 0.2) is 22.3 Å². The number of hydrogen-bond acceptors (Lipinski definition) is 2. The van der Waals surface area contributed by atoms with Crippen LogP contribution in [-0.2, 0) is 25.1 Å². The molecule has 0 amide bonds. The van der Waals surface area contributed by atoms with Crippen molar-refractivity contribution in [1.82, 2.24) is 0 Å². The topological polar surface area (TPSA) is 26.3 Å². The Morgan fingerprint density at radius 3 is 2.00 bits per heavy atom. The Kier molecular flexibility index (Phi) is 4.17. The van der Waals surface area contributed by atoms with Crippen LogP contribution in [0, 0.1) is 12.3 Å². The van der Waals surface area contributed by atoms with E-state index in [1.165, 1.54) is 51.4 Å². The molecule has 0 N–H and O–H groups in total. The molecule has 0 saturated heterocycles. The van der Waals surface area contributed by atoms with E-state index >= 15 is 0 Å². The van der Waals surface area contributed by atoms with Crippen LogP contribution in [0.4, 0.5) is 0 Å². The molecule has 0 aromatic carbocycles. The molecule has 0 saturated carbocycles. The van der Waals surface area contributed by atoms with Gasteiger partial charge in [0.2, 0.25) is 0 Å². The van der Waals surface area contributed by atoms with Gasteiger partial charge in [0.1, 0.15) is 0 Å². The summed E-state index contributed by atoms with van der Waals surface area (Å²) < 4.78 is 6.26. The Balaban J connectivity index is 1.99. The zero-order chi connectivity index (χ0) is 15.0. The number of terminal acetylenes is 1. The minimum absolute atomic E-state index is 0.452. The SMILES string of the molecule is C#CC(=O)[O][Ti]([CH3])([CH3])[CH]1C2=C(CCCC2)C2=C1CCCC2. The number of allylic oxidation sites excluding steroid dienone is 4. The second kappa shape index (κ2) is 5.78. The summed E-state index contributed by atoms with van der Waals surface area (Å²) in [4.78, 5) is 11.7. The van der Waals surface area contributed by atoms with Crippen molar-refractivity contribution in [3.63, 3.8) is 0 Å². The van der Waals surface area contributed by atoms with Crippen molar-refractivity contribution in [2.75, 3.05) is 0 Å². The second-order valence-electron chi connectivity index (χ2n) is 6.99. The summed E-state index contributed by atoms with van der Waals surface area (Å²) in [6.07, 6.45) is 15.3. The van der Waals surface area contributed by atoms with Crippen molar-refractivity contribution in [2.45, 2.75) is 66.0 Å². The van der Waals surface area contributed by atoms with Crippen LogP contribution in [0.3, 0.4) is 0 Å². The Labute approximate surface area is 131 Å². The van der Waals surface area contributed by atoms with E-state index in [4.69, 9.17) is 9.74 Å². The summed E-state index contributed by atoms with van der Waals surface area (Å²) in [5, 5.41) is 4.42. The standard InChI is InChI=1S/C13H17.C3H2O2.2CH3.Ti/c1-3-7-12-10(5-1)9-11-6-2-4-8-13(11)12;1-2-3(4)5;;;/h9H,1-8H2;1H,(H,4,5);2*1H3;/q;;;;+1/p-1. The maximum atomic E-state index is 11.7. The molecule has 0 atom stereocenters. The van der Waals surface area contributed by atoms with Gasteiger partial charge < -0.3 is 0 Å². The fourth-order valence-electron chi connectivity index (χ4n) is 4.56. The van der Waals surface area contributed by atoms with Gasteiger partial charge in [-0.15, -0.1) is 0 Å². The molecule has 3 heteroatoms. The number of carbonyl (C=O) groups excluding carboxylic acids is 1. The van der Waals surface area contributed by atoms with Gasteiger partial charge in [0.15, 0.2) is 0 Å². The summed E-state index contributed by atoms with van der Waals surface area (Å²) in [6, 6.07) is 0. The molecule has 3 aliphatic rings. The van der Waals surface area contributed by atoms with Crippen molar-refractivity contribution in [2.24, 2.45) is 0 Å². The third kappa shape index (κ3) is 2.67. The monoisotopic (exact) mass is 320 g/mol. The van der Waals surface area contributed by atoms with Gasteiger partial charge in [0.25, 0.3) is 0 Å². The summed E-state index contributed by atoms with van der Waals surface area (Å²) >= 11 is -2.75. The van der Waals surface area contributed by atoms with Crippen molar-refractivity contribution in [3.8, 4) is 12.3 Å². The molecule has 3 aliphatic carbocycles. The average Bonchev–Trinajstić information content (AvgIpc) is 2.82. The van der Waals surface area contributed by atoms with Gasteiger partial charge in [-0.1, -0.05) is 0 Å². The molecule has 21 heavy (non-hydrogen) atoms. The van der Waals surface area contributed by atoms with Gasteiger partial charge in [0, 0.05) is 0 Å². The molecule has 0 spiro atoms. The van der Waals surface area contributed by atoms with Gasteiger partial charge >= 0.3 is 132 Å². The Hall–Kier alpha value is -0.776. The molecular formula is C18H24O2Ti. The van der Waals surface area contributed by atoms with Crippen LogP contribution in [0.2, 0.25) is 14.7 Å². The first-order valence-electron chi connectivity index (χ1n) is 8.18. The molecule has 0 aliphatic heterocycles. The fraction of sp³-hybridized carbons (Fsp3) is 0.611. The number of carbonyl (C=O) groups is 1. The summed E-state index contributed by atoms with van der Waals surface area (Å²) in [7, 11) is 0. The van der Waals surface area contributed by atoms with Crippen molar-refractivity contribution >= 4 is 5.97 Å². The molecule has 0 aromatic heterocycles. The molecule has 112 valence electrons. The first kappa shape index (κ1) is 15.1. The molecular weight excluding hydrogens is 296 g/mol. The van der Waals surface area contributed by atoms with E-state index in [9.17, 15) is 4.79 Å². The van der Waals surface area contributed by atoms with E-state index in [0.29, 0.717) is 4.22 Å². The summed E-state index contributed by atoms with van der Waals surface area (Å²) in [5.41, 5.74) is 6.55. The third-order valence-electron chi connectivity index (χ3n) is 5.25. The van der Waals surface area contributed by atoms with Gasteiger partial charge in [-0.3, -0.25) is 0 Å².